The van der Waals surface area contributed by atoms with Gasteiger partial charge in [0.2, 0.25) is 5.88 Å². The van der Waals surface area contributed by atoms with E-state index in [4.69, 9.17) is 4.74 Å². The summed E-state index contributed by atoms with van der Waals surface area (Å²) in [6.07, 6.45) is 6.66. The number of hydrogen-bond donors (Lipinski definition) is 1. The largest absolute Gasteiger partial charge is 0.512 e. The van der Waals surface area contributed by atoms with Crippen LogP contribution in [0.4, 0.5) is 0 Å². The van der Waals surface area contributed by atoms with Crippen molar-refractivity contribution in [3.8, 4) is 11.6 Å². The number of para-hydroxylation sites is 1. The van der Waals surface area contributed by atoms with Crippen molar-refractivity contribution in [2.24, 2.45) is 11.8 Å². The average Bonchev–Trinajstić information content (AvgIpc) is 2.82. The number of ether oxygens (including phenoxy) is 1. The molecule has 0 unspecified atom stereocenters. The molecule has 4 nitrogen and oxygen atoms in total. The van der Waals surface area contributed by atoms with Gasteiger partial charge in [-0.1, -0.05) is 45.9 Å². The minimum atomic E-state index is 0. The summed E-state index contributed by atoms with van der Waals surface area (Å²) in [6.45, 7) is 8.07. The molecule has 0 aliphatic carbocycles. The third-order valence-electron chi connectivity index (χ3n) is 5.61. The van der Waals surface area contributed by atoms with Gasteiger partial charge >= 0.3 is 0 Å². The van der Waals surface area contributed by atoms with Gasteiger partial charge in [0.05, 0.1) is 5.76 Å². The Kier molecular flexibility index (Phi) is 13.3. The first-order valence-corrected chi connectivity index (χ1v) is 11.5. The van der Waals surface area contributed by atoms with Crippen LogP contribution in [0.5, 0.6) is 11.6 Å². The molecule has 1 N–H and O–H groups in total. The molecule has 0 spiro atoms. The number of benzene rings is 2. The molecule has 0 fully saturated rings. The number of allylic oxidation sites excluding steroid dienone is 2. The summed E-state index contributed by atoms with van der Waals surface area (Å²) in [6, 6.07) is 20.5. The van der Waals surface area contributed by atoms with Crippen LogP contribution in [0.25, 0.3) is 10.8 Å². The third-order valence-corrected chi connectivity index (χ3v) is 5.61. The Labute approximate surface area is 211 Å². The van der Waals surface area contributed by atoms with E-state index in [1.165, 1.54) is 6.08 Å². The standard InChI is InChI=1S/C15H10NO.C13H24O2.Ir/c1-2-7-13(8-3-1)17-15-14-9-5-4-6-12(14)10-11-16-15;1-5-10(6-2)12(14)9-13(15)11(7-3)8-4;/h1-7,9-11H;9-11,14H,5-8H2,1-4H3;/q-1;;/b;12-9-;. The van der Waals surface area contributed by atoms with Crippen LogP contribution >= 0.6 is 0 Å². The van der Waals surface area contributed by atoms with E-state index < -0.39 is 0 Å². The van der Waals surface area contributed by atoms with E-state index in [9.17, 15) is 9.90 Å². The zero-order chi connectivity index (χ0) is 23.3. The summed E-state index contributed by atoms with van der Waals surface area (Å²) < 4.78 is 5.72. The summed E-state index contributed by atoms with van der Waals surface area (Å²) >= 11 is 0. The van der Waals surface area contributed by atoms with Gasteiger partial charge in [-0.15, -0.1) is 12.1 Å². The number of pyridine rings is 1. The maximum absolute atomic E-state index is 11.7. The molecule has 0 atom stereocenters. The number of ketones is 1. The molecule has 0 saturated heterocycles. The molecule has 2 aromatic carbocycles. The maximum atomic E-state index is 11.7. The number of aromatic nitrogens is 1. The van der Waals surface area contributed by atoms with E-state index in [0.717, 1.165) is 36.5 Å². The van der Waals surface area contributed by atoms with Crippen molar-refractivity contribution in [3.05, 3.63) is 78.7 Å². The first-order valence-electron chi connectivity index (χ1n) is 11.5. The monoisotopic (exact) mass is 625 g/mol. The normalized spacial score (nSPS) is 11.0. The fourth-order valence-electron chi connectivity index (χ4n) is 3.50. The number of rotatable bonds is 9. The summed E-state index contributed by atoms with van der Waals surface area (Å²) in [5.74, 6) is 1.84. The van der Waals surface area contributed by atoms with Crippen LogP contribution < -0.4 is 4.74 Å². The van der Waals surface area contributed by atoms with Crippen molar-refractivity contribution in [1.82, 2.24) is 4.98 Å². The van der Waals surface area contributed by atoms with Crippen LogP contribution in [0.2, 0.25) is 0 Å². The van der Waals surface area contributed by atoms with Crippen LogP contribution in [-0.2, 0) is 24.9 Å². The first-order chi connectivity index (χ1) is 15.5. The first kappa shape index (κ1) is 28.5. The average molecular weight is 625 g/mol. The minimum Gasteiger partial charge on any atom is -0.512 e. The number of nitrogens with zero attached hydrogens (tertiary/aromatic N) is 1. The summed E-state index contributed by atoms with van der Waals surface area (Å²) in [7, 11) is 0. The maximum Gasteiger partial charge on any atom is 0.224 e. The van der Waals surface area contributed by atoms with Crippen molar-refractivity contribution >= 4 is 16.6 Å². The molecule has 3 aromatic rings. The second kappa shape index (κ2) is 15.4. The number of carbonyl (C=O) groups excluding carboxylic acids is 1. The molecule has 1 aromatic heterocycles. The van der Waals surface area contributed by atoms with Crippen molar-refractivity contribution < 1.29 is 34.7 Å². The van der Waals surface area contributed by atoms with Crippen molar-refractivity contribution in [1.29, 1.82) is 0 Å². The van der Waals surface area contributed by atoms with E-state index in [2.05, 4.69) is 11.1 Å². The molecule has 0 aliphatic rings. The second-order valence-corrected chi connectivity index (χ2v) is 7.66. The van der Waals surface area contributed by atoms with E-state index in [-0.39, 0.29) is 43.5 Å². The zero-order valence-electron chi connectivity index (χ0n) is 19.9. The van der Waals surface area contributed by atoms with Crippen LogP contribution in [0.1, 0.15) is 53.4 Å². The summed E-state index contributed by atoms with van der Waals surface area (Å²) in [4.78, 5) is 16.0. The van der Waals surface area contributed by atoms with Gasteiger partial charge in [-0.25, -0.2) is 4.98 Å². The van der Waals surface area contributed by atoms with Gasteiger partial charge in [-0.3, -0.25) is 4.79 Å². The molecular weight excluding hydrogens is 591 g/mol. The molecule has 33 heavy (non-hydrogen) atoms. The fraction of sp³-hybridized carbons (Fsp3) is 0.357. The SMILES string of the molecule is CCC(CC)C(=O)/C=C(\O)C(CC)CC.[Ir].[c-]1ccccc1Oc1nccc2ccccc12. The van der Waals surface area contributed by atoms with Crippen molar-refractivity contribution in [2.75, 3.05) is 0 Å². The van der Waals surface area contributed by atoms with Crippen molar-refractivity contribution in [2.45, 2.75) is 53.4 Å². The van der Waals surface area contributed by atoms with Gasteiger partial charge in [0.25, 0.3) is 0 Å². The number of aliphatic hydroxyl groups is 1. The van der Waals surface area contributed by atoms with E-state index in [0.29, 0.717) is 11.6 Å². The number of hydrogen-bond acceptors (Lipinski definition) is 4. The Morgan fingerprint density at radius 3 is 2.21 bits per heavy atom. The number of carbonyl (C=O) groups is 1. The van der Waals surface area contributed by atoms with Crippen molar-refractivity contribution in [3.63, 3.8) is 0 Å². The third kappa shape index (κ3) is 8.75. The Hall–Kier alpha value is -2.49. The van der Waals surface area contributed by atoms with Crippen LogP contribution in [-0.4, -0.2) is 15.9 Å². The van der Waals surface area contributed by atoms with E-state index in [1.54, 1.807) is 6.20 Å². The molecule has 0 aliphatic heterocycles. The van der Waals surface area contributed by atoms with Gasteiger partial charge in [0.15, 0.2) is 5.78 Å². The van der Waals surface area contributed by atoms with Gasteiger partial charge in [0, 0.05) is 55.3 Å². The number of fused-ring (bicyclic) bond motifs is 1. The van der Waals surface area contributed by atoms with Gasteiger partial charge in [-0.2, -0.15) is 18.2 Å². The second-order valence-electron chi connectivity index (χ2n) is 7.66. The van der Waals surface area contributed by atoms with E-state index >= 15 is 0 Å². The van der Waals surface area contributed by atoms with Gasteiger partial charge in [-0.05, 0) is 43.2 Å². The Balaban J connectivity index is 0.000000324. The fourth-order valence-corrected chi connectivity index (χ4v) is 3.50. The smallest absolute Gasteiger partial charge is 0.224 e. The molecular formula is C28H34IrNO3-. The van der Waals surface area contributed by atoms with Gasteiger partial charge in [0.1, 0.15) is 0 Å². The van der Waals surface area contributed by atoms with E-state index in [1.807, 2.05) is 82.3 Å². The molecule has 1 heterocycles. The van der Waals surface area contributed by atoms with Crippen LogP contribution in [0.3, 0.4) is 0 Å². The quantitative estimate of drug-likeness (QED) is 0.151. The van der Waals surface area contributed by atoms with Crippen LogP contribution in [0.15, 0.2) is 72.6 Å². The molecule has 179 valence electrons. The Bertz CT molecular complexity index is 991. The predicted octanol–water partition coefficient (Wildman–Crippen LogP) is 7.69. The molecule has 0 saturated carbocycles. The molecule has 1 radical (unpaired) electrons. The predicted molar refractivity (Wildman–Crippen MR) is 131 cm³/mol. The summed E-state index contributed by atoms with van der Waals surface area (Å²) in [5.41, 5.74) is 0. The van der Waals surface area contributed by atoms with Gasteiger partial charge < -0.3 is 9.84 Å². The molecule has 5 heteroatoms. The Morgan fingerprint density at radius 1 is 0.970 bits per heavy atom. The number of aliphatic hydroxyl groups excluding tert-OH is 1. The van der Waals surface area contributed by atoms with Crippen LogP contribution in [0, 0.1) is 17.9 Å². The molecule has 3 rings (SSSR count). The molecule has 0 amide bonds. The Morgan fingerprint density at radius 2 is 1.61 bits per heavy atom. The minimum absolute atomic E-state index is 0. The zero-order valence-corrected chi connectivity index (χ0v) is 22.3. The summed E-state index contributed by atoms with van der Waals surface area (Å²) in [5, 5.41) is 11.9. The molecule has 0 bridgehead atoms. The topological polar surface area (TPSA) is 59.4 Å².